The van der Waals surface area contributed by atoms with E-state index in [2.05, 4.69) is 5.32 Å². The predicted molar refractivity (Wildman–Crippen MR) is 124 cm³/mol. The standard InChI is InChI=1S/C23H20ClN3O3S/c1-14-4-3-5-18(15(14)2)27-22(29)21-19(10-11-31-21)26(23(27)30)13-20(28)25-12-16-6-8-17(24)9-7-16/h3-11H,12-13H2,1-2H3,(H,25,28). The molecular weight excluding hydrogens is 434 g/mol. The maximum atomic E-state index is 13.3. The normalized spacial score (nSPS) is 11.1. The number of rotatable bonds is 5. The fraction of sp³-hybridized carbons (Fsp3) is 0.174. The van der Waals surface area contributed by atoms with Crippen molar-refractivity contribution in [2.45, 2.75) is 26.9 Å². The third kappa shape index (κ3) is 4.06. The van der Waals surface area contributed by atoms with E-state index < -0.39 is 5.69 Å². The van der Waals surface area contributed by atoms with Gasteiger partial charge < -0.3 is 5.32 Å². The van der Waals surface area contributed by atoms with Crippen LogP contribution in [0, 0.1) is 13.8 Å². The first-order valence-electron chi connectivity index (χ1n) is 9.67. The summed E-state index contributed by atoms with van der Waals surface area (Å²) in [6.45, 7) is 3.92. The number of thiophene rings is 1. The number of aryl methyl sites for hydroxylation is 1. The molecule has 0 unspecified atom stereocenters. The molecule has 0 bridgehead atoms. The Morgan fingerprint density at radius 1 is 1.06 bits per heavy atom. The highest BCUT2D eigenvalue weighted by Crippen LogP contribution is 2.19. The first-order valence-corrected chi connectivity index (χ1v) is 10.9. The Balaban J connectivity index is 1.72. The van der Waals surface area contributed by atoms with Crippen LogP contribution in [0.5, 0.6) is 0 Å². The van der Waals surface area contributed by atoms with Gasteiger partial charge in [0.1, 0.15) is 11.2 Å². The smallest absolute Gasteiger partial charge is 0.336 e. The number of hydrogen-bond donors (Lipinski definition) is 1. The summed E-state index contributed by atoms with van der Waals surface area (Å²) in [7, 11) is 0. The number of amides is 1. The molecule has 0 saturated heterocycles. The molecule has 158 valence electrons. The Kier molecular flexibility index (Phi) is 5.80. The van der Waals surface area contributed by atoms with Gasteiger partial charge in [-0.25, -0.2) is 9.36 Å². The van der Waals surface area contributed by atoms with E-state index >= 15 is 0 Å². The maximum absolute atomic E-state index is 13.3. The lowest BCUT2D eigenvalue weighted by Crippen LogP contribution is -2.41. The summed E-state index contributed by atoms with van der Waals surface area (Å²) >= 11 is 7.15. The van der Waals surface area contributed by atoms with Crippen LogP contribution in [-0.4, -0.2) is 15.0 Å². The van der Waals surface area contributed by atoms with E-state index in [-0.39, 0.29) is 18.0 Å². The quantitative estimate of drug-likeness (QED) is 0.499. The van der Waals surface area contributed by atoms with Gasteiger partial charge in [0.25, 0.3) is 5.56 Å². The molecule has 0 fully saturated rings. The van der Waals surface area contributed by atoms with Gasteiger partial charge >= 0.3 is 5.69 Å². The highest BCUT2D eigenvalue weighted by molar-refractivity contribution is 7.17. The molecule has 8 heteroatoms. The predicted octanol–water partition coefficient (Wildman–Crippen LogP) is 3.80. The van der Waals surface area contributed by atoms with Gasteiger partial charge in [0, 0.05) is 11.6 Å². The van der Waals surface area contributed by atoms with Gasteiger partial charge in [0.2, 0.25) is 5.91 Å². The number of aromatic nitrogens is 2. The van der Waals surface area contributed by atoms with Crippen molar-refractivity contribution in [1.29, 1.82) is 0 Å². The van der Waals surface area contributed by atoms with Gasteiger partial charge in [0.15, 0.2) is 0 Å². The monoisotopic (exact) mass is 453 g/mol. The van der Waals surface area contributed by atoms with E-state index in [1.807, 2.05) is 38.1 Å². The maximum Gasteiger partial charge on any atom is 0.336 e. The van der Waals surface area contributed by atoms with Crippen LogP contribution in [0.4, 0.5) is 0 Å². The second kappa shape index (κ2) is 8.53. The molecule has 1 N–H and O–H groups in total. The molecule has 0 aliphatic heterocycles. The number of nitrogens with zero attached hydrogens (tertiary/aromatic N) is 2. The minimum atomic E-state index is -0.536. The fourth-order valence-corrected chi connectivity index (χ4v) is 4.38. The Bertz CT molecular complexity index is 1400. The van der Waals surface area contributed by atoms with E-state index in [0.717, 1.165) is 21.3 Å². The Labute approximate surface area is 187 Å². The lowest BCUT2D eigenvalue weighted by Gasteiger charge is -2.15. The van der Waals surface area contributed by atoms with Crippen molar-refractivity contribution in [3.63, 3.8) is 0 Å². The van der Waals surface area contributed by atoms with Crippen molar-refractivity contribution in [3.8, 4) is 5.69 Å². The van der Waals surface area contributed by atoms with E-state index in [0.29, 0.717) is 27.5 Å². The van der Waals surface area contributed by atoms with Crippen LogP contribution < -0.4 is 16.6 Å². The van der Waals surface area contributed by atoms with E-state index in [4.69, 9.17) is 11.6 Å². The van der Waals surface area contributed by atoms with Crippen LogP contribution in [0.1, 0.15) is 16.7 Å². The summed E-state index contributed by atoms with van der Waals surface area (Å²) in [5.41, 5.74) is 2.79. The third-order valence-corrected chi connectivity index (χ3v) is 6.42. The summed E-state index contributed by atoms with van der Waals surface area (Å²) in [6, 6.07) is 14.3. The molecule has 0 radical (unpaired) electrons. The Morgan fingerprint density at radius 3 is 2.55 bits per heavy atom. The molecule has 4 rings (SSSR count). The molecule has 0 aliphatic carbocycles. The molecule has 2 aromatic carbocycles. The minimum Gasteiger partial charge on any atom is -0.350 e. The molecule has 4 aromatic rings. The molecule has 2 heterocycles. The minimum absolute atomic E-state index is 0.190. The zero-order valence-electron chi connectivity index (χ0n) is 17.0. The summed E-state index contributed by atoms with van der Waals surface area (Å²) in [5.74, 6) is -0.323. The Hall–Kier alpha value is -3.16. The highest BCUT2D eigenvalue weighted by Gasteiger charge is 2.18. The molecule has 1 amide bonds. The van der Waals surface area contributed by atoms with Gasteiger partial charge in [-0.2, -0.15) is 0 Å². The molecule has 31 heavy (non-hydrogen) atoms. The number of fused-ring (bicyclic) bond motifs is 1. The summed E-state index contributed by atoms with van der Waals surface area (Å²) in [6.07, 6.45) is 0. The first kappa shape index (κ1) is 21.1. The van der Waals surface area contributed by atoms with E-state index in [1.165, 1.54) is 15.9 Å². The molecule has 6 nitrogen and oxygen atoms in total. The van der Waals surface area contributed by atoms with E-state index in [1.54, 1.807) is 29.6 Å². The number of nitrogens with one attached hydrogen (secondary N) is 1. The number of benzene rings is 2. The molecule has 2 aromatic heterocycles. The molecule has 0 saturated carbocycles. The molecule has 0 aliphatic rings. The SMILES string of the molecule is Cc1cccc(-n2c(=O)c3sccc3n(CC(=O)NCc3ccc(Cl)cc3)c2=O)c1C. The first-order chi connectivity index (χ1) is 14.9. The second-order valence-corrected chi connectivity index (χ2v) is 8.62. The van der Waals surface area contributed by atoms with Crippen molar-refractivity contribution in [2.24, 2.45) is 0 Å². The van der Waals surface area contributed by atoms with Gasteiger partial charge in [-0.1, -0.05) is 35.9 Å². The number of halogens is 1. The lowest BCUT2D eigenvalue weighted by molar-refractivity contribution is -0.121. The zero-order chi connectivity index (χ0) is 22.1. The van der Waals surface area contributed by atoms with Gasteiger partial charge in [-0.3, -0.25) is 14.2 Å². The lowest BCUT2D eigenvalue weighted by atomic mass is 10.1. The highest BCUT2D eigenvalue weighted by atomic mass is 35.5. The van der Waals surface area contributed by atoms with Crippen LogP contribution in [0.2, 0.25) is 5.02 Å². The van der Waals surface area contributed by atoms with Crippen LogP contribution in [0.15, 0.2) is 63.5 Å². The largest absolute Gasteiger partial charge is 0.350 e. The van der Waals surface area contributed by atoms with Crippen LogP contribution >= 0.6 is 22.9 Å². The van der Waals surface area contributed by atoms with Gasteiger partial charge in [0.05, 0.1) is 11.2 Å². The van der Waals surface area contributed by atoms with Crippen molar-refractivity contribution < 1.29 is 4.79 Å². The molecule has 0 spiro atoms. The summed E-state index contributed by atoms with van der Waals surface area (Å²) < 4.78 is 2.95. The number of carbonyl (C=O) groups is 1. The van der Waals surface area contributed by atoms with Gasteiger partial charge in [-0.15, -0.1) is 11.3 Å². The third-order valence-electron chi connectivity index (χ3n) is 5.28. The van der Waals surface area contributed by atoms with Crippen molar-refractivity contribution in [1.82, 2.24) is 14.5 Å². The molecule has 0 atom stereocenters. The van der Waals surface area contributed by atoms with Crippen molar-refractivity contribution in [2.75, 3.05) is 0 Å². The van der Waals surface area contributed by atoms with E-state index in [9.17, 15) is 14.4 Å². The average Bonchev–Trinajstić information content (AvgIpc) is 3.24. The van der Waals surface area contributed by atoms with Crippen molar-refractivity contribution >= 4 is 39.1 Å². The topological polar surface area (TPSA) is 73.1 Å². The van der Waals surface area contributed by atoms with Crippen LogP contribution in [-0.2, 0) is 17.9 Å². The second-order valence-electron chi connectivity index (χ2n) is 7.27. The van der Waals surface area contributed by atoms with Crippen LogP contribution in [0.3, 0.4) is 0 Å². The molecular formula is C23H20ClN3O3S. The summed E-state index contributed by atoms with van der Waals surface area (Å²) in [4.78, 5) is 39.1. The summed E-state index contributed by atoms with van der Waals surface area (Å²) in [5, 5.41) is 5.19. The number of hydrogen-bond acceptors (Lipinski definition) is 4. The number of carbonyl (C=O) groups excluding carboxylic acids is 1. The average molecular weight is 454 g/mol. The van der Waals surface area contributed by atoms with Crippen LogP contribution in [0.25, 0.3) is 15.9 Å². The zero-order valence-corrected chi connectivity index (χ0v) is 18.6. The van der Waals surface area contributed by atoms with Crippen molar-refractivity contribution in [3.05, 3.63) is 96.5 Å². The van der Waals surface area contributed by atoms with Gasteiger partial charge in [-0.05, 0) is 60.2 Å². The fourth-order valence-electron chi connectivity index (χ4n) is 3.43. The Morgan fingerprint density at radius 2 is 1.81 bits per heavy atom.